The molecule has 1 aromatic carbocycles. The van der Waals surface area contributed by atoms with E-state index in [1.807, 2.05) is 6.07 Å². The highest BCUT2D eigenvalue weighted by molar-refractivity contribution is 7.18. The van der Waals surface area contributed by atoms with E-state index in [1.54, 1.807) is 17.4 Å². The van der Waals surface area contributed by atoms with Crippen molar-refractivity contribution in [3.8, 4) is 0 Å². The summed E-state index contributed by atoms with van der Waals surface area (Å²) in [6.07, 6.45) is 0. The maximum absolute atomic E-state index is 5.86. The average molecular weight is 233 g/mol. The molecule has 0 aliphatic rings. The first-order valence-electron chi connectivity index (χ1n) is 3.65. The summed E-state index contributed by atoms with van der Waals surface area (Å²) < 4.78 is 1.02. The maximum Gasteiger partial charge on any atom is 0.107 e. The topological polar surface area (TPSA) is 38.9 Å². The molecule has 0 bridgehead atoms. The fraction of sp³-hybridized carbons (Fsp3) is 0.125. The fourth-order valence-electron chi connectivity index (χ4n) is 1.06. The Morgan fingerprint density at radius 1 is 1.31 bits per heavy atom. The first-order chi connectivity index (χ1) is 6.20. The molecule has 2 N–H and O–H groups in total. The molecule has 0 aliphatic heterocycles. The Kier molecular flexibility index (Phi) is 2.43. The normalized spacial score (nSPS) is 11.0. The Labute approximate surface area is 89.3 Å². The largest absolute Gasteiger partial charge is 0.325 e. The molecule has 2 rings (SSSR count). The van der Waals surface area contributed by atoms with Gasteiger partial charge in [0.15, 0.2) is 0 Å². The van der Waals surface area contributed by atoms with E-state index >= 15 is 0 Å². The van der Waals surface area contributed by atoms with Crippen LogP contribution < -0.4 is 5.73 Å². The summed E-state index contributed by atoms with van der Waals surface area (Å²) in [5.74, 6) is 0. The molecule has 0 aliphatic carbocycles. The molecule has 0 radical (unpaired) electrons. The molecule has 0 spiro atoms. The van der Waals surface area contributed by atoms with Crippen LogP contribution in [0.4, 0.5) is 0 Å². The third-order valence-electron chi connectivity index (χ3n) is 1.65. The van der Waals surface area contributed by atoms with Crippen LogP contribution in [0.1, 0.15) is 5.01 Å². The van der Waals surface area contributed by atoms with Crippen molar-refractivity contribution in [1.82, 2.24) is 4.98 Å². The molecule has 5 heteroatoms. The van der Waals surface area contributed by atoms with Crippen LogP contribution in [-0.2, 0) is 6.54 Å². The molecule has 1 aromatic heterocycles. The number of nitrogens with zero attached hydrogens (tertiary/aromatic N) is 1. The van der Waals surface area contributed by atoms with Gasteiger partial charge in [-0.2, -0.15) is 0 Å². The molecule has 0 fully saturated rings. The molecule has 0 saturated carbocycles. The predicted octanol–water partition coefficient (Wildman–Crippen LogP) is 3.06. The lowest BCUT2D eigenvalue weighted by molar-refractivity contribution is 1.05. The number of halogens is 2. The van der Waals surface area contributed by atoms with Crippen LogP contribution in [0.3, 0.4) is 0 Å². The third-order valence-corrected chi connectivity index (χ3v) is 3.41. The van der Waals surface area contributed by atoms with E-state index < -0.39 is 0 Å². The minimum atomic E-state index is 0.453. The molecule has 13 heavy (non-hydrogen) atoms. The van der Waals surface area contributed by atoms with Crippen molar-refractivity contribution < 1.29 is 0 Å². The Morgan fingerprint density at radius 2 is 2.00 bits per heavy atom. The van der Waals surface area contributed by atoms with Gasteiger partial charge in [-0.25, -0.2) is 4.98 Å². The third kappa shape index (κ3) is 1.65. The van der Waals surface area contributed by atoms with Crippen LogP contribution in [0.25, 0.3) is 10.2 Å². The van der Waals surface area contributed by atoms with Crippen molar-refractivity contribution in [3.05, 3.63) is 27.2 Å². The zero-order chi connectivity index (χ0) is 9.42. The van der Waals surface area contributed by atoms with Crippen LogP contribution in [0.15, 0.2) is 12.1 Å². The van der Waals surface area contributed by atoms with Gasteiger partial charge in [-0.05, 0) is 12.1 Å². The molecular weight excluding hydrogens is 227 g/mol. The molecule has 1 heterocycles. The lowest BCUT2D eigenvalue weighted by atomic mass is 10.3. The first-order valence-corrected chi connectivity index (χ1v) is 5.22. The summed E-state index contributed by atoms with van der Waals surface area (Å²) in [4.78, 5) is 4.28. The number of benzene rings is 1. The summed E-state index contributed by atoms with van der Waals surface area (Å²) in [5.41, 5.74) is 6.33. The zero-order valence-electron chi connectivity index (χ0n) is 6.55. The highest BCUT2D eigenvalue weighted by atomic mass is 35.5. The van der Waals surface area contributed by atoms with Gasteiger partial charge in [-0.3, -0.25) is 0 Å². The summed E-state index contributed by atoms with van der Waals surface area (Å²) in [6, 6.07) is 3.57. The first kappa shape index (κ1) is 9.21. The van der Waals surface area contributed by atoms with E-state index in [4.69, 9.17) is 28.9 Å². The van der Waals surface area contributed by atoms with Gasteiger partial charge in [0.1, 0.15) is 5.01 Å². The molecule has 0 atom stereocenters. The zero-order valence-corrected chi connectivity index (χ0v) is 8.88. The molecule has 68 valence electrons. The van der Waals surface area contributed by atoms with E-state index in [-0.39, 0.29) is 0 Å². The SMILES string of the molecule is NCc1nc2cc(Cl)c(Cl)cc2s1. The van der Waals surface area contributed by atoms with Crippen LogP contribution >= 0.6 is 34.5 Å². The van der Waals surface area contributed by atoms with E-state index in [0.29, 0.717) is 16.6 Å². The van der Waals surface area contributed by atoms with E-state index in [1.165, 1.54) is 0 Å². The highest BCUT2D eigenvalue weighted by Crippen LogP contribution is 2.30. The summed E-state index contributed by atoms with van der Waals surface area (Å²) in [5, 5.41) is 1.98. The van der Waals surface area contributed by atoms with Crippen molar-refractivity contribution in [3.63, 3.8) is 0 Å². The molecule has 0 saturated heterocycles. The number of hydrogen-bond donors (Lipinski definition) is 1. The minimum Gasteiger partial charge on any atom is -0.325 e. The number of thiazole rings is 1. The van der Waals surface area contributed by atoms with Crippen molar-refractivity contribution in [2.45, 2.75) is 6.54 Å². The standard InChI is InChI=1S/C8H6Cl2N2S/c9-4-1-6-7(2-5(4)10)13-8(3-11)12-6/h1-2H,3,11H2. The number of nitrogens with two attached hydrogens (primary N) is 1. The molecule has 2 nitrogen and oxygen atoms in total. The number of aromatic nitrogens is 1. The second-order valence-electron chi connectivity index (χ2n) is 2.55. The maximum atomic E-state index is 5.86. The van der Waals surface area contributed by atoms with Gasteiger partial charge in [-0.15, -0.1) is 11.3 Å². The number of fused-ring (bicyclic) bond motifs is 1. The van der Waals surface area contributed by atoms with Crippen LogP contribution in [0, 0.1) is 0 Å². The van der Waals surface area contributed by atoms with Crippen LogP contribution in [0.5, 0.6) is 0 Å². The van der Waals surface area contributed by atoms with Crippen molar-refractivity contribution in [2.24, 2.45) is 5.73 Å². The average Bonchev–Trinajstić information content (AvgIpc) is 2.48. The van der Waals surface area contributed by atoms with Gasteiger partial charge in [0.2, 0.25) is 0 Å². The van der Waals surface area contributed by atoms with Crippen LogP contribution in [-0.4, -0.2) is 4.98 Å². The Balaban J connectivity index is 2.70. The Morgan fingerprint density at radius 3 is 2.69 bits per heavy atom. The monoisotopic (exact) mass is 232 g/mol. The molecule has 2 aromatic rings. The lowest BCUT2D eigenvalue weighted by Gasteiger charge is -1.92. The summed E-state index contributed by atoms with van der Waals surface area (Å²) in [7, 11) is 0. The summed E-state index contributed by atoms with van der Waals surface area (Å²) in [6.45, 7) is 0.453. The van der Waals surface area contributed by atoms with Gasteiger partial charge < -0.3 is 5.73 Å². The minimum absolute atomic E-state index is 0.453. The smallest absolute Gasteiger partial charge is 0.107 e. The van der Waals surface area contributed by atoms with Crippen molar-refractivity contribution in [2.75, 3.05) is 0 Å². The van der Waals surface area contributed by atoms with Crippen molar-refractivity contribution >= 4 is 44.8 Å². The van der Waals surface area contributed by atoms with Crippen molar-refractivity contribution in [1.29, 1.82) is 0 Å². The highest BCUT2D eigenvalue weighted by Gasteiger charge is 2.05. The van der Waals surface area contributed by atoms with Gasteiger partial charge in [0.05, 0.1) is 20.3 Å². The molecular formula is C8H6Cl2N2S. The fourth-order valence-corrected chi connectivity index (χ4v) is 2.31. The molecule has 0 amide bonds. The Hall–Kier alpha value is -0.350. The van der Waals surface area contributed by atoms with Gasteiger partial charge >= 0.3 is 0 Å². The summed E-state index contributed by atoms with van der Waals surface area (Å²) >= 11 is 13.2. The second-order valence-corrected chi connectivity index (χ2v) is 4.48. The number of hydrogen-bond acceptors (Lipinski definition) is 3. The van der Waals surface area contributed by atoms with Gasteiger partial charge in [-0.1, -0.05) is 23.2 Å². The van der Waals surface area contributed by atoms with Gasteiger partial charge in [0.25, 0.3) is 0 Å². The Bertz CT molecular complexity index is 414. The van der Waals surface area contributed by atoms with E-state index in [9.17, 15) is 0 Å². The van der Waals surface area contributed by atoms with Gasteiger partial charge in [0, 0.05) is 6.54 Å². The predicted molar refractivity (Wildman–Crippen MR) is 57.5 cm³/mol. The second kappa shape index (κ2) is 3.42. The lowest BCUT2D eigenvalue weighted by Crippen LogP contribution is -1.93. The number of rotatable bonds is 1. The quantitative estimate of drug-likeness (QED) is 0.822. The molecule has 0 unspecified atom stereocenters. The van der Waals surface area contributed by atoms with E-state index in [2.05, 4.69) is 4.98 Å². The van der Waals surface area contributed by atoms with E-state index in [0.717, 1.165) is 15.2 Å². The van der Waals surface area contributed by atoms with Crippen LogP contribution in [0.2, 0.25) is 10.0 Å².